The Morgan fingerprint density at radius 2 is 1.52 bits per heavy atom. The molecule has 0 unspecified atom stereocenters. The van der Waals surface area contributed by atoms with Crippen LogP contribution in [0, 0.1) is 0 Å². The smallest absolute Gasteiger partial charge is 0.276 e. The van der Waals surface area contributed by atoms with Gasteiger partial charge in [0.2, 0.25) is 0 Å². The number of hydrazine groups is 1. The van der Waals surface area contributed by atoms with E-state index < -0.39 is 11.8 Å². The van der Waals surface area contributed by atoms with Crippen LogP contribution in [0.25, 0.3) is 0 Å². The molecule has 0 atom stereocenters. The number of hydrogen-bond donors (Lipinski definition) is 3. The molecule has 0 aliphatic carbocycles. The van der Waals surface area contributed by atoms with Crippen LogP contribution in [-0.2, 0) is 9.59 Å². The van der Waals surface area contributed by atoms with Gasteiger partial charge in [0.15, 0.2) is 6.61 Å². The lowest BCUT2D eigenvalue weighted by atomic mass is 10.3. The Kier molecular flexibility index (Phi) is 6.91. The number of methoxy groups -OCH3 is 1. The number of nitrogens with one attached hydrogen (secondary N) is 3. The van der Waals surface area contributed by atoms with Crippen molar-refractivity contribution in [1.29, 1.82) is 0 Å². The van der Waals surface area contributed by atoms with Gasteiger partial charge in [-0.25, -0.2) is 0 Å². The molecule has 2 aromatic carbocycles. The fourth-order valence-corrected chi connectivity index (χ4v) is 1.92. The van der Waals surface area contributed by atoms with Crippen molar-refractivity contribution in [3.05, 3.63) is 53.6 Å². The summed E-state index contributed by atoms with van der Waals surface area (Å²) in [6.45, 7) is -0.224. The molecule has 0 bridgehead atoms. The molecule has 0 aromatic heterocycles. The standard InChI is InChI=1S/C17H18ClN3O4/c1-24-14-8-4-13(5-9-14)19-10-16(22)20-21-17(23)11-25-15-6-2-12(18)3-7-15/h2-9,19H,10-11H2,1H3,(H,20,22)(H,21,23). The molecule has 7 nitrogen and oxygen atoms in total. The van der Waals surface area contributed by atoms with E-state index in [1.165, 1.54) is 0 Å². The third-order valence-corrected chi connectivity index (χ3v) is 3.32. The first-order valence-corrected chi connectivity index (χ1v) is 7.78. The predicted octanol–water partition coefficient (Wildman–Crippen LogP) is 1.99. The van der Waals surface area contributed by atoms with Crippen LogP contribution >= 0.6 is 11.6 Å². The van der Waals surface area contributed by atoms with Gasteiger partial charge < -0.3 is 14.8 Å². The van der Waals surface area contributed by atoms with Crippen molar-refractivity contribution in [2.24, 2.45) is 0 Å². The Hall–Kier alpha value is -2.93. The largest absolute Gasteiger partial charge is 0.497 e. The second-order valence-electron chi connectivity index (χ2n) is 4.92. The molecule has 2 amide bonds. The highest BCUT2D eigenvalue weighted by atomic mass is 35.5. The first-order valence-electron chi connectivity index (χ1n) is 7.41. The average molecular weight is 364 g/mol. The number of rotatable bonds is 7. The van der Waals surface area contributed by atoms with E-state index in [4.69, 9.17) is 21.1 Å². The summed E-state index contributed by atoms with van der Waals surface area (Å²) < 4.78 is 10.3. The van der Waals surface area contributed by atoms with Crippen LogP contribution in [0.15, 0.2) is 48.5 Å². The van der Waals surface area contributed by atoms with E-state index in [1.807, 2.05) is 0 Å². The third kappa shape index (κ3) is 6.60. The SMILES string of the molecule is COc1ccc(NCC(=O)NNC(=O)COc2ccc(Cl)cc2)cc1. The Balaban J connectivity index is 1.64. The zero-order valence-corrected chi connectivity index (χ0v) is 14.3. The lowest BCUT2D eigenvalue weighted by molar-refractivity contribution is -0.129. The molecule has 0 saturated carbocycles. The first-order chi connectivity index (χ1) is 12.1. The third-order valence-electron chi connectivity index (χ3n) is 3.07. The summed E-state index contributed by atoms with van der Waals surface area (Å²) in [5, 5.41) is 3.50. The van der Waals surface area contributed by atoms with Crippen LogP contribution in [0.3, 0.4) is 0 Å². The van der Waals surface area contributed by atoms with Crippen LogP contribution in [-0.4, -0.2) is 32.1 Å². The number of hydrogen-bond acceptors (Lipinski definition) is 5. The van der Waals surface area contributed by atoms with E-state index in [-0.39, 0.29) is 13.2 Å². The molecule has 0 aliphatic heterocycles. The molecule has 0 radical (unpaired) electrons. The van der Waals surface area contributed by atoms with Crippen molar-refractivity contribution in [3.63, 3.8) is 0 Å². The number of amides is 2. The highest BCUT2D eigenvalue weighted by Crippen LogP contribution is 2.15. The summed E-state index contributed by atoms with van der Waals surface area (Å²) in [6, 6.07) is 13.7. The van der Waals surface area contributed by atoms with E-state index in [1.54, 1.807) is 55.6 Å². The van der Waals surface area contributed by atoms with E-state index >= 15 is 0 Å². The van der Waals surface area contributed by atoms with Crippen molar-refractivity contribution in [3.8, 4) is 11.5 Å². The fraction of sp³-hybridized carbons (Fsp3) is 0.176. The van der Waals surface area contributed by atoms with Gasteiger partial charge in [0.25, 0.3) is 11.8 Å². The maximum absolute atomic E-state index is 11.7. The number of ether oxygens (including phenoxy) is 2. The van der Waals surface area contributed by atoms with Crippen molar-refractivity contribution in [2.75, 3.05) is 25.6 Å². The van der Waals surface area contributed by atoms with Gasteiger partial charge in [-0.2, -0.15) is 0 Å². The summed E-state index contributed by atoms with van der Waals surface area (Å²) in [7, 11) is 1.58. The number of anilines is 1. The zero-order valence-electron chi connectivity index (χ0n) is 13.5. The van der Waals surface area contributed by atoms with Crippen LogP contribution in [0.1, 0.15) is 0 Å². The summed E-state index contributed by atoms with van der Waals surface area (Å²) in [5.41, 5.74) is 5.32. The highest BCUT2D eigenvalue weighted by Gasteiger charge is 2.06. The van der Waals surface area contributed by atoms with E-state index in [2.05, 4.69) is 16.2 Å². The molecule has 0 fully saturated rings. The molecule has 3 N–H and O–H groups in total. The normalized spacial score (nSPS) is 9.84. The van der Waals surface area contributed by atoms with E-state index in [9.17, 15) is 9.59 Å². The van der Waals surface area contributed by atoms with Gasteiger partial charge in [0.05, 0.1) is 13.7 Å². The van der Waals surface area contributed by atoms with Gasteiger partial charge >= 0.3 is 0 Å². The minimum absolute atomic E-state index is 0.00461. The summed E-state index contributed by atoms with van der Waals surface area (Å²) in [6.07, 6.45) is 0. The minimum atomic E-state index is -0.479. The molecule has 0 heterocycles. The number of carbonyl (C=O) groups excluding carboxylic acids is 2. The van der Waals surface area contributed by atoms with Gasteiger partial charge in [-0.15, -0.1) is 0 Å². The highest BCUT2D eigenvalue weighted by molar-refractivity contribution is 6.30. The van der Waals surface area contributed by atoms with Crippen LogP contribution in [0.2, 0.25) is 5.02 Å². The number of halogens is 1. The lowest BCUT2D eigenvalue weighted by Gasteiger charge is -2.10. The molecular weight excluding hydrogens is 346 g/mol. The second kappa shape index (κ2) is 9.39. The van der Waals surface area contributed by atoms with Gasteiger partial charge in [0.1, 0.15) is 11.5 Å². The van der Waals surface area contributed by atoms with Crippen molar-refractivity contribution < 1.29 is 19.1 Å². The molecule has 8 heteroatoms. The molecular formula is C17H18ClN3O4. The Bertz CT molecular complexity index is 705. The van der Waals surface area contributed by atoms with Gasteiger partial charge in [-0.1, -0.05) is 11.6 Å². The number of carbonyl (C=O) groups is 2. The fourth-order valence-electron chi connectivity index (χ4n) is 1.79. The Morgan fingerprint density at radius 3 is 2.16 bits per heavy atom. The average Bonchev–Trinajstić information content (AvgIpc) is 2.64. The summed E-state index contributed by atoms with van der Waals surface area (Å²) in [4.78, 5) is 23.3. The summed E-state index contributed by atoms with van der Waals surface area (Å²) >= 11 is 5.75. The predicted molar refractivity (Wildman–Crippen MR) is 94.7 cm³/mol. The van der Waals surface area contributed by atoms with Gasteiger partial charge in [-0.05, 0) is 48.5 Å². The van der Waals surface area contributed by atoms with Crippen molar-refractivity contribution >= 4 is 29.1 Å². The van der Waals surface area contributed by atoms with Crippen molar-refractivity contribution in [2.45, 2.75) is 0 Å². The van der Waals surface area contributed by atoms with Crippen molar-refractivity contribution in [1.82, 2.24) is 10.9 Å². The first kappa shape index (κ1) is 18.4. The maximum Gasteiger partial charge on any atom is 0.276 e. The van der Waals surface area contributed by atoms with E-state index in [0.29, 0.717) is 10.8 Å². The maximum atomic E-state index is 11.7. The quantitative estimate of drug-likeness (QED) is 0.655. The second-order valence-corrected chi connectivity index (χ2v) is 5.36. The lowest BCUT2D eigenvalue weighted by Crippen LogP contribution is -2.45. The zero-order chi connectivity index (χ0) is 18.1. The van der Waals surface area contributed by atoms with E-state index in [0.717, 1.165) is 11.4 Å². The van der Waals surface area contributed by atoms with Crippen LogP contribution in [0.4, 0.5) is 5.69 Å². The van der Waals surface area contributed by atoms with Gasteiger partial charge in [-0.3, -0.25) is 20.4 Å². The topological polar surface area (TPSA) is 88.7 Å². The van der Waals surface area contributed by atoms with Crippen LogP contribution in [0.5, 0.6) is 11.5 Å². The van der Waals surface area contributed by atoms with Crippen LogP contribution < -0.4 is 25.6 Å². The number of benzene rings is 2. The Morgan fingerprint density at radius 1 is 0.920 bits per heavy atom. The molecule has 2 aromatic rings. The minimum Gasteiger partial charge on any atom is -0.497 e. The van der Waals surface area contributed by atoms with Gasteiger partial charge in [0, 0.05) is 10.7 Å². The molecule has 0 spiro atoms. The molecule has 2 rings (SSSR count). The Labute approximate surface area is 150 Å². The summed E-state index contributed by atoms with van der Waals surface area (Å²) in [5.74, 6) is 0.360. The molecule has 0 saturated heterocycles. The molecule has 25 heavy (non-hydrogen) atoms. The monoisotopic (exact) mass is 363 g/mol. The molecule has 132 valence electrons. The molecule has 0 aliphatic rings.